The topological polar surface area (TPSA) is 92.4 Å². The number of aromatic amines is 1. The number of hydrogen-bond donors (Lipinski definition) is 1. The zero-order valence-corrected chi connectivity index (χ0v) is 12.4. The molecule has 0 amide bonds. The molecule has 0 bridgehead atoms. The Kier molecular flexibility index (Phi) is 4.44. The van der Waals surface area contributed by atoms with E-state index < -0.39 is 16.0 Å². The molecule has 0 aliphatic carbocycles. The fourth-order valence-corrected chi connectivity index (χ4v) is 3.90. The molecule has 1 atom stereocenters. The standard InChI is InChI=1S/C12H19N3O4S/c1-3-9-5-6-15(8-9)20(17,18)11-10(7-13-14-11)12(16)19-4-2/h7,9H,3-6,8H2,1-2H3,(H,13,14). The van der Waals surface area contributed by atoms with Crippen molar-refractivity contribution in [2.75, 3.05) is 19.7 Å². The molecular formula is C12H19N3O4S. The number of H-pyrrole nitrogens is 1. The van der Waals surface area contributed by atoms with Gasteiger partial charge in [-0.2, -0.15) is 9.40 Å². The van der Waals surface area contributed by atoms with Crippen LogP contribution in [-0.4, -0.2) is 48.6 Å². The Morgan fingerprint density at radius 2 is 2.30 bits per heavy atom. The highest BCUT2D eigenvalue weighted by Gasteiger charge is 2.35. The van der Waals surface area contributed by atoms with Gasteiger partial charge in [0.05, 0.1) is 12.8 Å². The van der Waals surface area contributed by atoms with Gasteiger partial charge in [-0.3, -0.25) is 5.10 Å². The minimum atomic E-state index is -3.72. The van der Waals surface area contributed by atoms with E-state index in [-0.39, 0.29) is 17.2 Å². The third-order valence-electron chi connectivity index (χ3n) is 3.52. The number of aromatic nitrogens is 2. The summed E-state index contributed by atoms with van der Waals surface area (Å²) in [6.45, 7) is 4.85. The summed E-state index contributed by atoms with van der Waals surface area (Å²) in [5.41, 5.74) is -0.0354. The number of esters is 1. The molecule has 1 aliphatic rings. The van der Waals surface area contributed by atoms with Gasteiger partial charge in [-0.25, -0.2) is 13.2 Å². The van der Waals surface area contributed by atoms with E-state index in [0.717, 1.165) is 12.8 Å². The molecule has 2 rings (SSSR count). The van der Waals surface area contributed by atoms with Gasteiger partial charge in [0.15, 0.2) is 5.03 Å². The van der Waals surface area contributed by atoms with Crippen molar-refractivity contribution in [3.8, 4) is 0 Å². The lowest BCUT2D eigenvalue weighted by Crippen LogP contribution is -2.30. The summed E-state index contributed by atoms with van der Waals surface area (Å²) in [5, 5.41) is 5.91. The molecule has 0 aromatic carbocycles. The van der Waals surface area contributed by atoms with Gasteiger partial charge in [0.25, 0.3) is 10.0 Å². The van der Waals surface area contributed by atoms with Crippen LogP contribution in [0, 0.1) is 5.92 Å². The zero-order valence-electron chi connectivity index (χ0n) is 11.6. The first-order valence-electron chi connectivity index (χ1n) is 6.71. The summed E-state index contributed by atoms with van der Waals surface area (Å²) >= 11 is 0. The highest BCUT2D eigenvalue weighted by atomic mass is 32.2. The molecule has 1 fully saturated rings. The number of carbonyl (C=O) groups excluding carboxylic acids is 1. The second-order valence-electron chi connectivity index (χ2n) is 4.76. The molecule has 20 heavy (non-hydrogen) atoms. The molecule has 1 aliphatic heterocycles. The lowest BCUT2D eigenvalue weighted by molar-refractivity contribution is 0.0521. The monoisotopic (exact) mass is 301 g/mol. The highest BCUT2D eigenvalue weighted by Crippen LogP contribution is 2.26. The van der Waals surface area contributed by atoms with Gasteiger partial charge >= 0.3 is 5.97 Å². The van der Waals surface area contributed by atoms with Crippen molar-refractivity contribution in [3.63, 3.8) is 0 Å². The van der Waals surface area contributed by atoms with Crippen LogP contribution in [0.2, 0.25) is 0 Å². The van der Waals surface area contributed by atoms with Gasteiger partial charge in [0, 0.05) is 13.1 Å². The normalized spacial score (nSPS) is 20.2. The maximum Gasteiger partial charge on any atom is 0.342 e. The first-order chi connectivity index (χ1) is 9.50. The molecule has 0 saturated carbocycles. The summed E-state index contributed by atoms with van der Waals surface area (Å²) in [7, 11) is -3.72. The average molecular weight is 301 g/mol. The van der Waals surface area contributed by atoms with Crippen molar-refractivity contribution >= 4 is 16.0 Å². The molecule has 2 heterocycles. The Bertz CT molecular complexity index is 581. The maximum absolute atomic E-state index is 12.5. The Morgan fingerprint density at radius 1 is 1.55 bits per heavy atom. The van der Waals surface area contributed by atoms with Gasteiger partial charge in [0.2, 0.25) is 0 Å². The van der Waals surface area contributed by atoms with Crippen LogP contribution in [-0.2, 0) is 14.8 Å². The number of hydrogen-bond acceptors (Lipinski definition) is 5. The van der Waals surface area contributed by atoms with Crippen LogP contribution >= 0.6 is 0 Å². The van der Waals surface area contributed by atoms with E-state index >= 15 is 0 Å². The van der Waals surface area contributed by atoms with Gasteiger partial charge in [-0.1, -0.05) is 13.3 Å². The highest BCUT2D eigenvalue weighted by molar-refractivity contribution is 7.89. The SMILES string of the molecule is CCOC(=O)c1cn[nH]c1S(=O)(=O)N1CCC(CC)C1. The van der Waals surface area contributed by atoms with Crippen LogP contribution in [0.15, 0.2) is 11.2 Å². The van der Waals surface area contributed by atoms with E-state index in [2.05, 4.69) is 10.2 Å². The van der Waals surface area contributed by atoms with Gasteiger partial charge < -0.3 is 4.74 Å². The molecule has 1 aromatic heterocycles. The van der Waals surface area contributed by atoms with Crippen LogP contribution in [0.1, 0.15) is 37.0 Å². The molecule has 1 aromatic rings. The third-order valence-corrected chi connectivity index (χ3v) is 5.36. The molecule has 1 unspecified atom stereocenters. The second kappa shape index (κ2) is 5.92. The van der Waals surface area contributed by atoms with E-state index in [0.29, 0.717) is 19.0 Å². The second-order valence-corrected chi connectivity index (χ2v) is 6.63. The lowest BCUT2D eigenvalue weighted by atomic mass is 10.1. The van der Waals surface area contributed by atoms with Crippen LogP contribution in [0.25, 0.3) is 0 Å². The predicted molar refractivity (Wildman–Crippen MR) is 71.7 cm³/mol. The quantitative estimate of drug-likeness (QED) is 0.819. The number of ether oxygens (including phenoxy) is 1. The first kappa shape index (κ1) is 15.0. The number of nitrogens with zero attached hydrogens (tertiary/aromatic N) is 2. The van der Waals surface area contributed by atoms with Crippen molar-refractivity contribution in [3.05, 3.63) is 11.8 Å². The minimum Gasteiger partial charge on any atom is -0.462 e. The van der Waals surface area contributed by atoms with Gasteiger partial charge in [-0.15, -0.1) is 0 Å². The summed E-state index contributed by atoms with van der Waals surface area (Å²) in [5.74, 6) is -0.301. The predicted octanol–water partition coefficient (Wildman–Crippen LogP) is 1.01. The number of rotatable bonds is 5. The molecule has 112 valence electrons. The molecule has 8 heteroatoms. The van der Waals surface area contributed by atoms with Crippen molar-refractivity contribution in [1.82, 2.24) is 14.5 Å². The Labute approximate surface area is 118 Å². The molecule has 7 nitrogen and oxygen atoms in total. The van der Waals surface area contributed by atoms with Crippen LogP contribution in [0.4, 0.5) is 0 Å². The Balaban J connectivity index is 2.27. The van der Waals surface area contributed by atoms with Crippen molar-refractivity contribution < 1.29 is 17.9 Å². The number of nitrogens with one attached hydrogen (secondary N) is 1. The van der Waals surface area contributed by atoms with E-state index in [4.69, 9.17) is 4.74 Å². The van der Waals surface area contributed by atoms with Crippen molar-refractivity contribution in [2.45, 2.75) is 31.7 Å². The smallest absolute Gasteiger partial charge is 0.342 e. The largest absolute Gasteiger partial charge is 0.462 e. The van der Waals surface area contributed by atoms with E-state index in [1.165, 1.54) is 10.5 Å². The summed E-state index contributed by atoms with van der Waals surface area (Å²) in [6.07, 6.45) is 2.98. The maximum atomic E-state index is 12.5. The molecule has 1 N–H and O–H groups in total. The summed E-state index contributed by atoms with van der Waals surface area (Å²) < 4.78 is 31.3. The lowest BCUT2D eigenvalue weighted by Gasteiger charge is -2.15. The fourth-order valence-electron chi connectivity index (χ4n) is 2.30. The van der Waals surface area contributed by atoms with Crippen molar-refractivity contribution in [1.29, 1.82) is 0 Å². The Hall–Kier alpha value is -1.41. The fraction of sp³-hybridized carbons (Fsp3) is 0.667. The first-order valence-corrected chi connectivity index (χ1v) is 8.15. The minimum absolute atomic E-state index is 0.0354. The average Bonchev–Trinajstić information content (AvgIpc) is 3.08. The van der Waals surface area contributed by atoms with Gasteiger partial charge in [-0.05, 0) is 19.3 Å². The van der Waals surface area contributed by atoms with E-state index in [1.807, 2.05) is 6.92 Å². The molecule has 1 saturated heterocycles. The zero-order chi connectivity index (χ0) is 14.8. The van der Waals surface area contributed by atoms with Crippen LogP contribution < -0.4 is 0 Å². The number of carbonyl (C=O) groups is 1. The molecule has 0 spiro atoms. The molecule has 0 radical (unpaired) electrons. The van der Waals surface area contributed by atoms with Crippen LogP contribution in [0.5, 0.6) is 0 Å². The molecular weight excluding hydrogens is 282 g/mol. The van der Waals surface area contributed by atoms with E-state index in [1.54, 1.807) is 6.92 Å². The third kappa shape index (κ3) is 2.71. The number of sulfonamides is 1. The Morgan fingerprint density at radius 3 is 2.90 bits per heavy atom. The summed E-state index contributed by atoms with van der Waals surface area (Å²) in [6, 6.07) is 0. The van der Waals surface area contributed by atoms with E-state index in [9.17, 15) is 13.2 Å². The van der Waals surface area contributed by atoms with Gasteiger partial charge in [0.1, 0.15) is 5.56 Å². The van der Waals surface area contributed by atoms with Crippen molar-refractivity contribution in [2.24, 2.45) is 5.92 Å². The summed E-state index contributed by atoms with van der Waals surface area (Å²) in [4.78, 5) is 11.7. The van der Waals surface area contributed by atoms with Crippen LogP contribution in [0.3, 0.4) is 0 Å².